The maximum Gasteiger partial charge on any atom is 0.336 e. The molecule has 9 nitrogen and oxygen atoms in total. The van der Waals surface area contributed by atoms with E-state index in [9.17, 15) is 24.3 Å². The molecule has 0 amide bonds. The molecular formula is C20H20O9. The second-order valence-corrected chi connectivity index (χ2v) is 6.02. The molecule has 2 aromatic rings. The molecule has 154 valence electrons. The summed E-state index contributed by atoms with van der Waals surface area (Å²) < 4.78 is 0. The molecule has 0 aliphatic carbocycles. The Morgan fingerprint density at radius 3 is 1.55 bits per heavy atom. The average Bonchev–Trinajstić information content (AvgIpc) is 2.67. The molecule has 1 atom stereocenters. The molecular weight excluding hydrogens is 384 g/mol. The van der Waals surface area contributed by atoms with E-state index in [-0.39, 0.29) is 5.78 Å². The van der Waals surface area contributed by atoms with Crippen LogP contribution in [0.4, 0.5) is 0 Å². The first-order chi connectivity index (χ1) is 13.6. The minimum absolute atomic E-state index is 0.271. The summed E-state index contributed by atoms with van der Waals surface area (Å²) in [4.78, 5) is 42.4. The van der Waals surface area contributed by atoms with E-state index in [1.807, 2.05) is 12.1 Å². The number of hydrogen-bond donors (Lipinski definition) is 5. The third-order valence-corrected chi connectivity index (χ3v) is 3.71. The second-order valence-electron chi connectivity index (χ2n) is 6.02. The number of aliphatic hydroxyl groups is 2. The zero-order valence-electron chi connectivity index (χ0n) is 15.1. The molecule has 0 saturated carbocycles. The molecule has 2 rings (SSSR count). The predicted octanol–water partition coefficient (Wildman–Crippen LogP) is 1.35. The lowest BCUT2D eigenvalue weighted by molar-refractivity contribution is -0.170. The average molecular weight is 404 g/mol. The van der Waals surface area contributed by atoms with Gasteiger partial charge >= 0.3 is 17.9 Å². The van der Waals surface area contributed by atoms with Gasteiger partial charge in [0.05, 0.1) is 12.8 Å². The lowest BCUT2D eigenvalue weighted by atomic mass is 9.96. The number of aliphatic hydroxyl groups excluding tert-OH is 1. The SMILES string of the molecule is O=C(O)CC(O)(CC(=O)O)C(=O)O.O=C(c1ccccc1)C(O)c1ccccc1. The largest absolute Gasteiger partial charge is 0.481 e. The van der Waals surface area contributed by atoms with E-state index in [4.69, 9.17) is 20.4 Å². The lowest BCUT2D eigenvalue weighted by Gasteiger charge is -2.18. The van der Waals surface area contributed by atoms with Crippen molar-refractivity contribution in [2.45, 2.75) is 24.5 Å². The van der Waals surface area contributed by atoms with Gasteiger partial charge in [-0.1, -0.05) is 60.7 Å². The Balaban J connectivity index is 0.000000298. The first kappa shape index (κ1) is 23.5. The Morgan fingerprint density at radius 1 is 0.759 bits per heavy atom. The number of hydrogen-bond acceptors (Lipinski definition) is 6. The van der Waals surface area contributed by atoms with Gasteiger partial charge in [0, 0.05) is 5.56 Å². The number of carbonyl (C=O) groups excluding carboxylic acids is 1. The molecule has 9 heteroatoms. The zero-order chi connectivity index (χ0) is 22.0. The van der Waals surface area contributed by atoms with Crippen molar-refractivity contribution in [3.8, 4) is 0 Å². The molecule has 0 aliphatic heterocycles. The van der Waals surface area contributed by atoms with Gasteiger partial charge in [0.15, 0.2) is 11.4 Å². The highest BCUT2D eigenvalue weighted by atomic mass is 16.4. The summed E-state index contributed by atoms with van der Waals surface area (Å²) in [6.07, 6.45) is -3.37. The highest BCUT2D eigenvalue weighted by Gasteiger charge is 2.40. The Morgan fingerprint density at radius 2 is 1.17 bits per heavy atom. The van der Waals surface area contributed by atoms with E-state index in [2.05, 4.69) is 0 Å². The van der Waals surface area contributed by atoms with E-state index in [1.54, 1.807) is 48.5 Å². The zero-order valence-corrected chi connectivity index (χ0v) is 15.1. The minimum atomic E-state index is -2.74. The van der Waals surface area contributed by atoms with Crippen LogP contribution in [0.1, 0.15) is 34.9 Å². The smallest absolute Gasteiger partial charge is 0.336 e. The highest BCUT2D eigenvalue weighted by molar-refractivity contribution is 5.99. The van der Waals surface area contributed by atoms with Crippen molar-refractivity contribution in [3.05, 3.63) is 71.8 Å². The third-order valence-electron chi connectivity index (χ3n) is 3.71. The van der Waals surface area contributed by atoms with Crippen molar-refractivity contribution in [2.24, 2.45) is 0 Å². The minimum Gasteiger partial charge on any atom is -0.481 e. The summed E-state index contributed by atoms with van der Waals surface area (Å²) in [6.45, 7) is 0. The summed E-state index contributed by atoms with van der Waals surface area (Å²) in [6, 6.07) is 17.7. The van der Waals surface area contributed by atoms with Gasteiger partial charge in [0.25, 0.3) is 0 Å². The van der Waals surface area contributed by atoms with E-state index >= 15 is 0 Å². The van der Waals surface area contributed by atoms with Crippen LogP contribution in [0.15, 0.2) is 60.7 Å². The summed E-state index contributed by atoms with van der Waals surface area (Å²) in [5.74, 6) is -5.29. The number of aliphatic carboxylic acids is 3. The van der Waals surface area contributed by atoms with Crippen LogP contribution in [-0.2, 0) is 14.4 Å². The topological polar surface area (TPSA) is 169 Å². The van der Waals surface area contributed by atoms with Crippen LogP contribution < -0.4 is 0 Å². The number of carboxylic acid groups (broad SMARTS) is 3. The van der Waals surface area contributed by atoms with Gasteiger partial charge < -0.3 is 25.5 Å². The van der Waals surface area contributed by atoms with Gasteiger partial charge in [-0.3, -0.25) is 14.4 Å². The lowest BCUT2D eigenvalue weighted by Crippen LogP contribution is -2.42. The van der Waals surface area contributed by atoms with Crippen molar-refractivity contribution in [3.63, 3.8) is 0 Å². The Labute approximate surface area is 165 Å². The van der Waals surface area contributed by atoms with Gasteiger partial charge in [-0.15, -0.1) is 0 Å². The van der Waals surface area contributed by atoms with E-state index < -0.39 is 42.5 Å². The molecule has 29 heavy (non-hydrogen) atoms. The number of benzene rings is 2. The number of carbonyl (C=O) groups is 4. The molecule has 0 aliphatic rings. The molecule has 0 saturated heterocycles. The van der Waals surface area contributed by atoms with Crippen LogP contribution >= 0.6 is 0 Å². The molecule has 0 heterocycles. The fourth-order valence-electron chi connectivity index (χ4n) is 2.26. The number of Topliss-reactive ketones (excluding diaryl/α,β-unsaturated/α-hetero) is 1. The van der Waals surface area contributed by atoms with Crippen LogP contribution in [-0.4, -0.2) is 54.8 Å². The quantitative estimate of drug-likeness (QED) is 0.408. The number of ketones is 1. The molecule has 2 aromatic carbocycles. The fourth-order valence-corrected chi connectivity index (χ4v) is 2.26. The molecule has 1 unspecified atom stereocenters. The molecule has 0 fully saturated rings. The summed E-state index contributed by atoms with van der Waals surface area (Å²) in [7, 11) is 0. The molecule has 5 N–H and O–H groups in total. The van der Waals surface area contributed by atoms with Gasteiger partial charge in [-0.2, -0.15) is 0 Å². The van der Waals surface area contributed by atoms with Gasteiger partial charge in [-0.25, -0.2) is 4.79 Å². The monoisotopic (exact) mass is 404 g/mol. The molecule has 0 spiro atoms. The number of carboxylic acids is 3. The maximum absolute atomic E-state index is 11.9. The van der Waals surface area contributed by atoms with Crippen LogP contribution in [0.25, 0.3) is 0 Å². The molecule has 0 bridgehead atoms. The van der Waals surface area contributed by atoms with Crippen LogP contribution in [0.3, 0.4) is 0 Å². The highest BCUT2D eigenvalue weighted by Crippen LogP contribution is 2.18. The van der Waals surface area contributed by atoms with Crippen molar-refractivity contribution in [1.29, 1.82) is 0 Å². The van der Waals surface area contributed by atoms with Crippen LogP contribution in [0.5, 0.6) is 0 Å². The van der Waals surface area contributed by atoms with Gasteiger partial charge in [-0.05, 0) is 5.56 Å². The molecule has 0 aromatic heterocycles. The standard InChI is InChI=1S/C14H12O2.C6H8O7/c15-13(11-7-3-1-4-8-11)14(16)12-9-5-2-6-10-12;7-3(8)1-6(13,5(11)12)2-4(9)10/h1-10,13,15H;13H,1-2H2,(H,7,8)(H,9,10)(H,11,12). The van der Waals surface area contributed by atoms with E-state index in [1.165, 1.54) is 0 Å². The van der Waals surface area contributed by atoms with Crippen LogP contribution in [0.2, 0.25) is 0 Å². The first-order valence-electron chi connectivity index (χ1n) is 8.28. The Bertz CT molecular complexity index is 831. The third kappa shape index (κ3) is 7.53. The first-order valence-corrected chi connectivity index (χ1v) is 8.28. The van der Waals surface area contributed by atoms with Crippen molar-refractivity contribution in [2.75, 3.05) is 0 Å². The van der Waals surface area contributed by atoms with E-state index in [0.29, 0.717) is 11.1 Å². The van der Waals surface area contributed by atoms with Gasteiger partial charge in [0.2, 0.25) is 0 Å². The Hall–Kier alpha value is -3.56. The van der Waals surface area contributed by atoms with E-state index in [0.717, 1.165) is 0 Å². The van der Waals surface area contributed by atoms with Crippen molar-refractivity contribution in [1.82, 2.24) is 0 Å². The predicted molar refractivity (Wildman–Crippen MR) is 99.3 cm³/mol. The fraction of sp³-hybridized carbons (Fsp3) is 0.200. The summed E-state index contributed by atoms with van der Waals surface area (Å²) in [5.41, 5.74) is -1.59. The maximum atomic E-state index is 11.9. The normalized spacial score (nSPS) is 11.5. The second kappa shape index (κ2) is 10.7. The Kier molecular flexibility index (Phi) is 8.66. The summed E-state index contributed by atoms with van der Waals surface area (Å²) in [5, 5.41) is 43.7. The molecule has 0 radical (unpaired) electrons. The summed E-state index contributed by atoms with van der Waals surface area (Å²) >= 11 is 0. The van der Waals surface area contributed by atoms with Crippen molar-refractivity contribution >= 4 is 23.7 Å². The van der Waals surface area contributed by atoms with Crippen LogP contribution in [0, 0.1) is 0 Å². The van der Waals surface area contributed by atoms with Gasteiger partial charge in [0.1, 0.15) is 6.10 Å². The number of rotatable bonds is 8. The van der Waals surface area contributed by atoms with Crippen molar-refractivity contribution < 1.29 is 44.7 Å².